The summed E-state index contributed by atoms with van der Waals surface area (Å²) >= 11 is 12.9. The normalized spacial score (nSPS) is 17.1. The van der Waals surface area contributed by atoms with Gasteiger partial charge in [0.2, 0.25) is 4.71 Å². The lowest BCUT2D eigenvalue weighted by atomic mass is 10.2. The molecule has 1 atom stereocenters. The highest BCUT2D eigenvalue weighted by atomic mass is 35.5. The van der Waals surface area contributed by atoms with E-state index in [2.05, 4.69) is 0 Å². The van der Waals surface area contributed by atoms with Crippen LogP contribution in [0.15, 0.2) is 74.8 Å². The van der Waals surface area contributed by atoms with Gasteiger partial charge in [0.25, 0.3) is 21.6 Å². The van der Waals surface area contributed by atoms with Gasteiger partial charge in [-0.1, -0.05) is 53.2 Å². The zero-order valence-electron chi connectivity index (χ0n) is 19.8. The Labute approximate surface area is 231 Å². The minimum absolute atomic E-state index is 0.0420. The molecule has 1 fully saturated rings. The molecule has 0 radical (unpaired) electrons. The Kier molecular flexibility index (Phi) is 6.82. The highest BCUT2D eigenvalue weighted by molar-refractivity contribution is 8.15. The van der Waals surface area contributed by atoms with Crippen molar-refractivity contribution in [3.05, 3.63) is 97.4 Å². The average Bonchev–Trinajstić information content (AvgIpc) is 3.52. The Morgan fingerprint density at radius 1 is 1.05 bits per heavy atom. The second-order valence-electron chi connectivity index (χ2n) is 8.36. The maximum absolute atomic E-state index is 13.5. The highest BCUT2D eigenvalue weighted by Gasteiger charge is 2.47. The third kappa shape index (κ3) is 4.61. The molecule has 9 nitrogen and oxygen atoms in total. The molecule has 0 aliphatic carbocycles. The van der Waals surface area contributed by atoms with Crippen LogP contribution in [0.25, 0.3) is 23.1 Å². The summed E-state index contributed by atoms with van der Waals surface area (Å²) in [5, 5.41) is 0.856. The van der Waals surface area contributed by atoms with Crippen molar-refractivity contribution in [2.24, 2.45) is 7.05 Å². The van der Waals surface area contributed by atoms with Gasteiger partial charge in [-0.05, 0) is 49.4 Å². The highest BCUT2D eigenvalue weighted by Crippen LogP contribution is 2.42. The quantitative estimate of drug-likeness (QED) is 0.246. The monoisotopic (exact) mass is 591 g/mol. The number of para-hydroxylation sites is 1. The van der Waals surface area contributed by atoms with E-state index in [4.69, 9.17) is 27.6 Å². The van der Waals surface area contributed by atoms with Crippen molar-refractivity contribution in [3.8, 4) is 17.0 Å². The third-order valence-corrected chi connectivity index (χ3v) is 9.24. The van der Waals surface area contributed by atoms with E-state index in [-0.39, 0.29) is 16.4 Å². The van der Waals surface area contributed by atoms with Gasteiger partial charge in [-0.2, -0.15) is 8.42 Å². The number of aromatic nitrogens is 2. The molecule has 1 amide bonds. The maximum atomic E-state index is 13.5. The van der Waals surface area contributed by atoms with Crippen LogP contribution in [0.1, 0.15) is 11.5 Å². The number of hydrogen-bond acceptors (Lipinski definition) is 6. The van der Waals surface area contributed by atoms with Crippen LogP contribution in [0.5, 0.6) is 0 Å². The molecule has 196 valence electrons. The van der Waals surface area contributed by atoms with E-state index in [0.717, 1.165) is 4.90 Å². The Morgan fingerprint density at radius 3 is 2.45 bits per heavy atom. The van der Waals surface area contributed by atoms with Gasteiger partial charge in [0.1, 0.15) is 17.2 Å². The van der Waals surface area contributed by atoms with E-state index in [1.807, 2.05) is 0 Å². The lowest BCUT2D eigenvalue weighted by molar-refractivity contribution is -0.114. The van der Waals surface area contributed by atoms with Crippen LogP contribution >= 0.6 is 35.0 Å². The molecule has 1 saturated heterocycles. The lowest BCUT2D eigenvalue weighted by Crippen LogP contribution is -2.40. The van der Waals surface area contributed by atoms with Gasteiger partial charge in [0.05, 0.1) is 21.3 Å². The number of thioether (sulfide) groups is 1. The number of anilines is 1. The minimum atomic E-state index is -4.80. The Hall–Kier alpha value is -3.22. The van der Waals surface area contributed by atoms with Gasteiger partial charge in [0, 0.05) is 23.7 Å². The van der Waals surface area contributed by atoms with Gasteiger partial charge in [-0.3, -0.25) is 23.7 Å². The van der Waals surface area contributed by atoms with E-state index in [1.54, 1.807) is 74.6 Å². The molecule has 1 unspecified atom stereocenters. The van der Waals surface area contributed by atoms with Crippen molar-refractivity contribution in [2.75, 3.05) is 4.90 Å². The first kappa shape index (κ1) is 26.4. The van der Waals surface area contributed by atoms with E-state index >= 15 is 0 Å². The molecule has 13 heteroatoms. The van der Waals surface area contributed by atoms with Crippen molar-refractivity contribution >= 4 is 62.8 Å². The van der Waals surface area contributed by atoms with Crippen LogP contribution in [-0.2, 0) is 22.0 Å². The number of hydrogen-bond donors (Lipinski definition) is 1. The zero-order valence-corrected chi connectivity index (χ0v) is 23.0. The van der Waals surface area contributed by atoms with Crippen molar-refractivity contribution in [3.63, 3.8) is 0 Å². The average molecular weight is 592 g/mol. The van der Waals surface area contributed by atoms with Crippen LogP contribution < -0.4 is 10.5 Å². The number of benzene rings is 2. The molecular weight excluding hydrogens is 573 g/mol. The van der Waals surface area contributed by atoms with Crippen molar-refractivity contribution in [1.82, 2.24) is 9.36 Å². The molecule has 0 saturated carbocycles. The lowest BCUT2D eigenvalue weighted by Gasteiger charge is -2.19. The molecule has 3 heterocycles. The molecule has 0 bridgehead atoms. The summed E-state index contributed by atoms with van der Waals surface area (Å²) in [6.45, 7) is 1.59. The number of halogens is 2. The molecule has 4 aromatic rings. The van der Waals surface area contributed by atoms with Gasteiger partial charge in [0.15, 0.2) is 0 Å². The first-order valence-electron chi connectivity index (χ1n) is 11.0. The van der Waals surface area contributed by atoms with Crippen LogP contribution in [0.4, 0.5) is 5.69 Å². The zero-order chi connectivity index (χ0) is 27.4. The third-order valence-electron chi connectivity index (χ3n) is 5.98. The summed E-state index contributed by atoms with van der Waals surface area (Å²) in [6.07, 6.45) is 1.35. The number of furan rings is 1. The first-order valence-corrected chi connectivity index (χ1v) is 14.2. The number of amides is 1. The van der Waals surface area contributed by atoms with E-state index in [9.17, 15) is 22.6 Å². The molecular formula is C25H19Cl2N3O6S2. The Balaban J connectivity index is 1.58. The molecule has 5 rings (SSSR count). The molecule has 1 aliphatic heterocycles. The van der Waals surface area contributed by atoms with E-state index < -0.39 is 26.3 Å². The van der Waals surface area contributed by atoms with E-state index in [0.29, 0.717) is 44.5 Å². The summed E-state index contributed by atoms with van der Waals surface area (Å²) in [5.41, 5.74) is 0.615. The SMILES string of the molecule is Cc1c(N2C(=O)C(=Cc3ccc(-c4cc(Cl)ccc4Cl)o3)SC2S(=O)(=O)O)c(=O)n(-c2ccccc2)n1C. The minimum Gasteiger partial charge on any atom is -0.457 e. The summed E-state index contributed by atoms with van der Waals surface area (Å²) in [5.74, 6) is -0.163. The smallest absolute Gasteiger partial charge is 0.297 e. The fraction of sp³-hybridized carbons (Fsp3) is 0.120. The predicted molar refractivity (Wildman–Crippen MR) is 148 cm³/mol. The summed E-state index contributed by atoms with van der Waals surface area (Å²) < 4.78 is 41.6. The number of rotatable bonds is 5. The van der Waals surface area contributed by atoms with Crippen LogP contribution in [0, 0.1) is 6.92 Å². The van der Waals surface area contributed by atoms with Crippen molar-refractivity contribution in [2.45, 2.75) is 11.6 Å². The van der Waals surface area contributed by atoms with Crippen molar-refractivity contribution in [1.29, 1.82) is 0 Å². The van der Waals surface area contributed by atoms with Gasteiger partial charge >= 0.3 is 0 Å². The van der Waals surface area contributed by atoms with Crippen LogP contribution in [0.3, 0.4) is 0 Å². The predicted octanol–water partition coefficient (Wildman–Crippen LogP) is 5.34. The molecule has 38 heavy (non-hydrogen) atoms. The molecule has 1 N–H and O–H groups in total. The largest absolute Gasteiger partial charge is 0.457 e. The fourth-order valence-electron chi connectivity index (χ4n) is 4.15. The Morgan fingerprint density at radius 2 is 1.76 bits per heavy atom. The topological polar surface area (TPSA) is 115 Å². The number of carbonyl (C=O) groups is 1. The van der Waals surface area contributed by atoms with Gasteiger partial charge < -0.3 is 4.42 Å². The van der Waals surface area contributed by atoms with Gasteiger partial charge in [-0.15, -0.1) is 0 Å². The second kappa shape index (κ2) is 9.83. The van der Waals surface area contributed by atoms with Crippen LogP contribution in [0.2, 0.25) is 10.0 Å². The molecule has 1 aliphatic rings. The number of carbonyl (C=O) groups excluding carboxylic acids is 1. The molecule has 2 aromatic heterocycles. The fourth-order valence-corrected chi connectivity index (χ4v) is 6.70. The van der Waals surface area contributed by atoms with Gasteiger partial charge in [-0.25, -0.2) is 4.68 Å². The second-order valence-corrected chi connectivity index (χ2v) is 12.1. The Bertz CT molecular complexity index is 1770. The maximum Gasteiger partial charge on any atom is 0.297 e. The standard InChI is InChI=1S/C25H19Cl2N3O6S2/c1-14-22(24(32)30(28(14)2)16-6-4-3-5-7-16)29-23(31)21(37-25(29)38(33,34)35)13-17-9-11-20(36-17)18-12-15(26)8-10-19(18)27/h3-13,25H,1-2H3,(H,33,34,35). The first-order chi connectivity index (χ1) is 18.0. The van der Waals surface area contributed by atoms with E-state index in [1.165, 1.54) is 15.4 Å². The van der Waals surface area contributed by atoms with Crippen molar-refractivity contribution < 1.29 is 22.2 Å². The molecule has 0 spiro atoms. The van der Waals surface area contributed by atoms with Crippen LogP contribution in [-0.4, -0.2) is 32.9 Å². The number of nitrogens with zero attached hydrogens (tertiary/aromatic N) is 3. The molecule has 2 aromatic carbocycles. The summed E-state index contributed by atoms with van der Waals surface area (Å²) in [7, 11) is -3.18. The summed E-state index contributed by atoms with van der Waals surface area (Å²) in [4.78, 5) is 27.8. The summed E-state index contributed by atoms with van der Waals surface area (Å²) in [6, 6.07) is 16.8.